The highest BCUT2D eigenvalue weighted by Crippen LogP contribution is 2.22. The van der Waals surface area contributed by atoms with Crippen molar-refractivity contribution in [2.45, 2.75) is 6.92 Å². The van der Waals surface area contributed by atoms with Gasteiger partial charge >= 0.3 is 0 Å². The van der Waals surface area contributed by atoms with E-state index >= 15 is 0 Å². The molecule has 3 aromatic rings. The lowest BCUT2D eigenvalue weighted by molar-refractivity contribution is 0.103. The molecule has 0 aliphatic rings. The number of ether oxygens (including phenoxy) is 1. The third kappa shape index (κ3) is 2.94. The third-order valence-corrected chi connectivity index (χ3v) is 3.53. The Hall–Kier alpha value is -3.08. The van der Waals surface area contributed by atoms with E-state index in [-0.39, 0.29) is 16.9 Å². The summed E-state index contributed by atoms with van der Waals surface area (Å²) in [5.74, 6) is 0.917. The molecule has 2 aromatic carbocycles. The molecule has 116 valence electrons. The number of hydrogen-bond donors (Lipinski definition) is 1. The summed E-state index contributed by atoms with van der Waals surface area (Å²) in [6, 6.07) is 16.1. The highest BCUT2D eigenvalue weighted by molar-refractivity contribution is 6.09. The zero-order chi connectivity index (χ0) is 16.4. The van der Waals surface area contributed by atoms with E-state index in [1.165, 1.54) is 4.68 Å². The number of hydrogen-bond acceptors (Lipinski definition) is 3. The molecule has 0 spiro atoms. The maximum Gasteiger partial charge on any atom is 0.277 e. The number of carbonyl (C=O) groups is 1. The molecule has 0 aliphatic carbocycles. The van der Waals surface area contributed by atoms with E-state index < -0.39 is 0 Å². The van der Waals surface area contributed by atoms with Crippen LogP contribution in [-0.2, 0) is 7.05 Å². The first kappa shape index (κ1) is 14.8. The fourth-order valence-electron chi connectivity index (χ4n) is 2.42. The summed E-state index contributed by atoms with van der Waals surface area (Å²) in [6.45, 7) is 1.71. The summed E-state index contributed by atoms with van der Waals surface area (Å²) in [5.41, 5.74) is 0.793. The van der Waals surface area contributed by atoms with Crippen LogP contribution in [0.25, 0.3) is 0 Å². The van der Waals surface area contributed by atoms with Crippen LogP contribution in [-0.4, -0.2) is 15.6 Å². The summed E-state index contributed by atoms with van der Waals surface area (Å²) >= 11 is 0. The van der Waals surface area contributed by atoms with Crippen molar-refractivity contribution in [1.82, 2.24) is 9.78 Å². The molecule has 0 atom stereocenters. The average Bonchev–Trinajstić information content (AvgIpc) is 2.80. The van der Waals surface area contributed by atoms with E-state index in [9.17, 15) is 9.59 Å². The Balaban J connectivity index is 1.93. The number of aromatic nitrogens is 2. The van der Waals surface area contributed by atoms with Gasteiger partial charge in [0.15, 0.2) is 0 Å². The molecular formula is C18H16N2O3. The lowest BCUT2D eigenvalue weighted by Crippen LogP contribution is -2.19. The minimum absolute atomic E-state index is 0.157. The molecule has 0 fully saturated rings. The van der Waals surface area contributed by atoms with E-state index in [1.807, 2.05) is 30.3 Å². The maximum absolute atomic E-state index is 12.6. The Morgan fingerprint density at radius 2 is 1.74 bits per heavy atom. The number of ketones is 1. The highest BCUT2D eigenvalue weighted by Gasteiger charge is 2.19. The smallest absolute Gasteiger partial charge is 0.277 e. The monoisotopic (exact) mass is 308 g/mol. The first-order valence-corrected chi connectivity index (χ1v) is 7.19. The quantitative estimate of drug-likeness (QED) is 0.753. The summed E-state index contributed by atoms with van der Waals surface area (Å²) in [5, 5.41) is 2.83. The van der Waals surface area contributed by atoms with Gasteiger partial charge in [-0.1, -0.05) is 30.3 Å². The fraction of sp³-hybridized carbons (Fsp3) is 0.111. The van der Waals surface area contributed by atoms with Gasteiger partial charge in [0, 0.05) is 18.3 Å². The van der Waals surface area contributed by atoms with Crippen LogP contribution in [0, 0.1) is 6.92 Å². The topological polar surface area (TPSA) is 64.1 Å². The molecule has 3 rings (SSSR count). The van der Waals surface area contributed by atoms with Gasteiger partial charge in [-0.05, 0) is 31.2 Å². The number of aromatic amines is 1. The van der Waals surface area contributed by atoms with Crippen LogP contribution in [0.5, 0.6) is 11.5 Å². The molecule has 5 nitrogen and oxygen atoms in total. The van der Waals surface area contributed by atoms with Gasteiger partial charge in [-0.25, -0.2) is 0 Å². The molecule has 0 aliphatic heterocycles. The highest BCUT2D eigenvalue weighted by atomic mass is 16.5. The second kappa shape index (κ2) is 5.96. The van der Waals surface area contributed by atoms with Crippen molar-refractivity contribution < 1.29 is 9.53 Å². The molecule has 0 bridgehead atoms. The van der Waals surface area contributed by atoms with Crippen molar-refractivity contribution in [3.8, 4) is 11.5 Å². The molecule has 23 heavy (non-hydrogen) atoms. The summed E-state index contributed by atoms with van der Waals surface area (Å²) in [7, 11) is 1.58. The summed E-state index contributed by atoms with van der Waals surface area (Å²) in [4.78, 5) is 24.7. The standard InChI is InChI=1S/C18H16N2O3/c1-12-16(18(22)20(2)19-12)17(21)13-7-6-10-15(11-13)23-14-8-4-3-5-9-14/h3-11,19H,1-2H3. The van der Waals surface area contributed by atoms with Gasteiger partial charge in [0.1, 0.15) is 17.1 Å². The molecule has 1 aromatic heterocycles. The van der Waals surface area contributed by atoms with Crippen LogP contribution in [0.4, 0.5) is 0 Å². The Kier molecular flexibility index (Phi) is 3.85. The Morgan fingerprint density at radius 3 is 2.39 bits per heavy atom. The molecule has 0 unspecified atom stereocenters. The van der Waals surface area contributed by atoms with E-state index in [1.54, 1.807) is 38.2 Å². The molecule has 1 heterocycles. The fourth-order valence-corrected chi connectivity index (χ4v) is 2.42. The van der Waals surface area contributed by atoms with Crippen molar-refractivity contribution in [2.24, 2.45) is 7.05 Å². The second-order valence-corrected chi connectivity index (χ2v) is 5.25. The normalized spacial score (nSPS) is 10.5. The minimum atomic E-state index is -0.332. The largest absolute Gasteiger partial charge is 0.457 e. The van der Waals surface area contributed by atoms with Gasteiger partial charge in [0.05, 0.1) is 0 Å². The molecular weight excluding hydrogens is 292 g/mol. The lowest BCUT2D eigenvalue weighted by atomic mass is 10.0. The van der Waals surface area contributed by atoms with E-state index in [2.05, 4.69) is 5.10 Å². The molecule has 1 N–H and O–H groups in total. The van der Waals surface area contributed by atoms with Crippen molar-refractivity contribution in [3.63, 3.8) is 0 Å². The number of rotatable bonds is 4. The number of para-hydroxylation sites is 1. The molecule has 0 radical (unpaired) electrons. The van der Waals surface area contributed by atoms with Crippen molar-refractivity contribution in [2.75, 3.05) is 0 Å². The van der Waals surface area contributed by atoms with Crippen LogP contribution in [0.15, 0.2) is 59.4 Å². The minimum Gasteiger partial charge on any atom is -0.457 e. The Bertz CT molecular complexity index is 908. The predicted octanol–water partition coefficient (Wildman–Crippen LogP) is 3.05. The summed E-state index contributed by atoms with van der Waals surface area (Å²) < 4.78 is 7.03. The van der Waals surface area contributed by atoms with E-state index in [0.29, 0.717) is 22.8 Å². The van der Waals surface area contributed by atoms with Gasteiger partial charge in [0.2, 0.25) is 5.78 Å². The van der Waals surface area contributed by atoms with Crippen LogP contribution in [0.3, 0.4) is 0 Å². The maximum atomic E-state index is 12.6. The number of benzene rings is 2. The first-order chi connectivity index (χ1) is 11.1. The van der Waals surface area contributed by atoms with E-state index in [4.69, 9.17) is 4.74 Å². The number of aryl methyl sites for hydroxylation is 2. The van der Waals surface area contributed by atoms with Crippen molar-refractivity contribution >= 4 is 5.78 Å². The number of H-pyrrole nitrogens is 1. The Labute approximate surface area is 133 Å². The SMILES string of the molecule is Cc1[nH]n(C)c(=O)c1C(=O)c1cccc(Oc2ccccc2)c1. The average molecular weight is 308 g/mol. The zero-order valence-electron chi connectivity index (χ0n) is 12.9. The summed E-state index contributed by atoms with van der Waals surface area (Å²) in [6.07, 6.45) is 0. The van der Waals surface area contributed by atoms with Gasteiger partial charge in [0.25, 0.3) is 5.56 Å². The Morgan fingerprint density at radius 1 is 1.04 bits per heavy atom. The van der Waals surface area contributed by atoms with Crippen LogP contribution in [0.1, 0.15) is 21.6 Å². The number of nitrogens with zero attached hydrogens (tertiary/aromatic N) is 1. The second-order valence-electron chi connectivity index (χ2n) is 5.25. The molecule has 0 saturated heterocycles. The number of nitrogens with one attached hydrogen (secondary N) is 1. The predicted molar refractivity (Wildman–Crippen MR) is 87.2 cm³/mol. The molecule has 0 amide bonds. The van der Waals surface area contributed by atoms with Crippen LogP contribution >= 0.6 is 0 Å². The third-order valence-electron chi connectivity index (χ3n) is 3.53. The zero-order valence-corrected chi connectivity index (χ0v) is 12.9. The van der Waals surface area contributed by atoms with Gasteiger partial charge < -0.3 is 4.74 Å². The van der Waals surface area contributed by atoms with Gasteiger partial charge in [-0.15, -0.1) is 0 Å². The van der Waals surface area contributed by atoms with E-state index in [0.717, 1.165) is 0 Å². The number of carbonyl (C=O) groups excluding carboxylic acids is 1. The van der Waals surface area contributed by atoms with Crippen LogP contribution in [0.2, 0.25) is 0 Å². The van der Waals surface area contributed by atoms with Crippen LogP contribution < -0.4 is 10.3 Å². The molecule has 0 saturated carbocycles. The molecule has 5 heteroatoms. The van der Waals surface area contributed by atoms with Crippen molar-refractivity contribution in [3.05, 3.63) is 81.8 Å². The first-order valence-electron chi connectivity index (χ1n) is 7.19. The lowest BCUT2D eigenvalue weighted by Gasteiger charge is -2.07. The van der Waals surface area contributed by atoms with Crippen molar-refractivity contribution in [1.29, 1.82) is 0 Å². The van der Waals surface area contributed by atoms with Gasteiger partial charge in [-0.2, -0.15) is 0 Å². The van der Waals surface area contributed by atoms with Gasteiger partial charge in [-0.3, -0.25) is 19.4 Å².